The molecule has 1 aromatic heterocycles. The second-order valence-corrected chi connectivity index (χ2v) is 4.28. The van der Waals surface area contributed by atoms with Gasteiger partial charge in [0.2, 0.25) is 0 Å². The molecule has 15 heavy (non-hydrogen) atoms. The Morgan fingerprint density at radius 3 is 3.27 bits per heavy atom. The highest BCUT2D eigenvalue weighted by Gasteiger charge is 2.19. The maximum Gasteiger partial charge on any atom is 0.137 e. The van der Waals surface area contributed by atoms with E-state index in [1.165, 1.54) is 31.5 Å². The lowest BCUT2D eigenvalue weighted by Gasteiger charge is -2.22. The summed E-state index contributed by atoms with van der Waals surface area (Å²) in [7, 11) is 0. The van der Waals surface area contributed by atoms with Crippen LogP contribution in [0.2, 0.25) is 0 Å². The van der Waals surface area contributed by atoms with E-state index in [1.807, 2.05) is 6.33 Å². The quantitative estimate of drug-likeness (QED) is 0.816. The van der Waals surface area contributed by atoms with Crippen molar-refractivity contribution in [2.75, 3.05) is 13.1 Å². The van der Waals surface area contributed by atoms with Crippen molar-refractivity contribution in [2.45, 2.75) is 45.1 Å². The molecule has 0 bridgehead atoms. The van der Waals surface area contributed by atoms with Gasteiger partial charge in [-0.05, 0) is 25.8 Å². The van der Waals surface area contributed by atoms with Gasteiger partial charge >= 0.3 is 0 Å². The Bertz CT molecular complexity index is 289. The van der Waals surface area contributed by atoms with Gasteiger partial charge in [-0.15, -0.1) is 10.2 Å². The number of piperidine rings is 1. The second kappa shape index (κ2) is 5.26. The van der Waals surface area contributed by atoms with Gasteiger partial charge in [-0.2, -0.15) is 0 Å². The number of aryl methyl sites for hydroxylation is 1. The second-order valence-electron chi connectivity index (χ2n) is 4.28. The number of rotatable bonds is 4. The van der Waals surface area contributed by atoms with E-state index in [0.717, 1.165) is 19.6 Å². The normalized spacial score (nSPS) is 21.8. The predicted molar refractivity (Wildman–Crippen MR) is 59.8 cm³/mol. The molecule has 1 aromatic rings. The molecule has 0 aromatic carbocycles. The summed E-state index contributed by atoms with van der Waals surface area (Å²) < 4.78 is 2.22. The van der Waals surface area contributed by atoms with Gasteiger partial charge in [0, 0.05) is 19.0 Å². The van der Waals surface area contributed by atoms with Crippen LogP contribution in [0.5, 0.6) is 0 Å². The van der Waals surface area contributed by atoms with Crippen molar-refractivity contribution in [1.82, 2.24) is 20.1 Å². The molecule has 4 nitrogen and oxygen atoms in total. The van der Waals surface area contributed by atoms with Crippen LogP contribution >= 0.6 is 0 Å². The molecule has 1 saturated heterocycles. The minimum Gasteiger partial charge on any atom is -0.317 e. The summed E-state index contributed by atoms with van der Waals surface area (Å²) in [5.74, 6) is 1.74. The molecule has 2 heterocycles. The lowest BCUT2D eigenvalue weighted by molar-refractivity contribution is 0.429. The van der Waals surface area contributed by atoms with Crippen LogP contribution in [0.3, 0.4) is 0 Å². The van der Waals surface area contributed by atoms with Crippen molar-refractivity contribution in [2.24, 2.45) is 0 Å². The van der Waals surface area contributed by atoms with Gasteiger partial charge in [-0.1, -0.05) is 13.3 Å². The van der Waals surface area contributed by atoms with Crippen LogP contribution in [0.4, 0.5) is 0 Å². The smallest absolute Gasteiger partial charge is 0.137 e. The topological polar surface area (TPSA) is 42.7 Å². The van der Waals surface area contributed by atoms with Crippen molar-refractivity contribution in [3.05, 3.63) is 12.2 Å². The van der Waals surface area contributed by atoms with Gasteiger partial charge in [0.05, 0.1) is 0 Å². The zero-order chi connectivity index (χ0) is 10.5. The molecule has 0 aliphatic carbocycles. The van der Waals surface area contributed by atoms with Gasteiger partial charge in [0.15, 0.2) is 0 Å². The molecule has 4 heteroatoms. The van der Waals surface area contributed by atoms with Crippen molar-refractivity contribution < 1.29 is 0 Å². The van der Waals surface area contributed by atoms with E-state index in [-0.39, 0.29) is 0 Å². The van der Waals surface area contributed by atoms with Gasteiger partial charge in [-0.3, -0.25) is 0 Å². The van der Waals surface area contributed by atoms with Crippen LogP contribution in [-0.2, 0) is 6.54 Å². The van der Waals surface area contributed by atoms with Gasteiger partial charge < -0.3 is 9.88 Å². The SMILES string of the molecule is CCCCn1cnnc1C1CCCNC1. The fourth-order valence-electron chi connectivity index (χ4n) is 2.15. The summed E-state index contributed by atoms with van der Waals surface area (Å²) in [6.45, 7) is 5.49. The van der Waals surface area contributed by atoms with Gasteiger partial charge in [0.25, 0.3) is 0 Å². The molecule has 84 valence electrons. The number of aromatic nitrogens is 3. The number of nitrogens with zero attached hydrogens (tertiary/aromatic N) is 3. The largest absolute Gasteiger partial charge is 0.317 e. The highest BCUT2D eigenvalue weighted by atomic mass is 15.3. The highest BCUT2D eigenvalue weighted by molar-refractivity contribution is 4.99. The fourth-order valence-corrected chi connectivity index (χ4v) is 2.15. The lowest BCUT2D eigenvalue weighted by atomic mass is 9.99. The van der Waals surface area contributed by atoms with Crippen LogP contribution < -0.4 is 5.32 Å². The van der Waals surface area contributed by atoms with Gasteiger partial charge in [0.1, 0.15) is 12.2 Å². The average Bonchev–Trinajstić information content (AvgIpc) is 2.75. The molecule has 0 saturated carbocycles. The van der Waals surface area contributed by atoms with E-state index >= 15 is 0 Å². The molecule has 0 radical (unpaired) electrons. The number of unbranched alkanes of at least 4 members (excludes halogenated alkanes) is 1. The monoisotopic (exact) mass is 208 g/mol. The van der Waals surface area contributed by atoms with Crippen molar-refractivity contribution >= 4 is 0 Å². The Morgan fingerprint density at radius 1 is 1.60 bits per heavy atom. The third-order valence-electron chi connectivity index (χ3n) is 3.06. The first-order valence-electron chi connectivity index (χ1n) is 6.00. The van der Waals surface area contributed by atoms with Crippen LogP contribution in [0, 0.1) is 0 Å². The third kappa shape index (κ3) is 2.56. The minimum absolute atomic E-state index is 0.568. The Morgan fingerprint density at radius 2 is 2.53 bits per heavy atom. The zero-order valence-electron chi connectivity index (χ0n) is 9.45. The summed E-state index contributed by atoms with van der Waals surface area (Å²) >= 11 is 0. The Kier molecular flexibility index (Phi) is 3.72. The standard InChI is InChI=1S/C11H20N4/c1-2-3-7-15-9-13-14-11(15)10-5-4-6-12-8-10/h9-10,12H,2-8H2,1H3. The summed E-state index contributed by atoms with van der Waals surface area (Å²) in [5, 5.41) is 11.7. The van der Waals surface area contributed by atoms with Crippen LogP contribution in [0.15, 0.2) is 6.33 Å². The molecular weight excluding hydrogens is 188 g/mol. The van der Waals surface area contributed by atoms with E-state index in [0.29, 0.717) is 5.92 Å². The fraction of sp³-hybridized carbons (Fsp3) is 0.818. The minimum atomic E-state index is 0.568. The summed E-state index contributed by atoms with van der Waals surface area (Å²) in [4.78, 5) is 0. The summed E-state index contributed by atoms with van der Waals surface area (Å²) in [6, 6.07) is 0. The Labute approximate surface area is 91.1 Å². The molecular formula is C11H20N4. The van der Waals surface area contributed by atoms with Crippen molar-refractivity contribution in [3.63, 3.8) is 0 Å². The Balaban J connectivity index is 2.02. The molecule has 1 N–H and O–H groups in total. The highest BCUT2D eigenvalue weighted by Crippen LogP contribution is 2.21. The van der Waals surface area contributed by atoms with E-state index in [4.69, 9.17) is 0 Å². The average molecular weight is 208 g/mol. The van der Waals surface area contributed by atoms with E-state index < -0.39 is 0 Å². The first kappa shape index (κ1) is 10.6. The molecule has 1 unspecified atom stereocenters. The zero-order valence-corrected chi connectivity index (χ0v) is 9.45. The van der Waals surface area contributed by atoms with Crippen LogP contribution in [0.1, 0.15) is 44.3 Å². The van der Waals surface area contributed by atoms with Crippen LogP contribution in [0.25, 0.3) is 0 Å². The van der Waals surface area contributed by atoms with E-state index in [1.54, 1.807) is 0 Å². The molecule has 0 amide bonds. The molecule has 1 aliphatic heterocycles. The summed E-state index contributed by atoms with van der Waals surface area (Å²) in [5.41, 5.74) is 0. The predicted octanol–water partition coefficient (Wildman–Crippen LogP) is 1.55. The number of hydrogen-bond donors (Lipinski definition) is 1. The van der Waals surface area contributed by atoms with Crippen molar-refractivity contribution in [3.8, 4) is 0 Å². The molecule has 1 aliphatic rings. The van der Waals surface area contributed by atoms with E-state index in [9.17, 15) is 0 Å². The third-order valence-corrected chi connectivity index (χ3v) is 3.06. The number of hydrogen-bond acceptors (Lipinski definition) is 3. The van der Waals surface area contributed by atoms with Crippen molar-refractivity contribution in [1.29, 1.82) is 0 Å². The first-order valence-corrected chi connectivity index (χ1v) is 6.00. The van der Waals surface area contributed by atoms with E-state index in [2.05, 4.69) is 27.0 Å². The molecule has 0 spiro atoms. The van der Waals surface area contributed by atoms with Crippen LogP contribution in [-0.4, -0.2) is 27.9 Å². The molecule has 1 atom stereocenters. The number of nitrogens with one attached hydrogen (secondary N) is 1. The van der Waals surface area contributed by atoms with Gasteiger partial charge in [-0.25, -0.2) is 0 Å². The lowest BCUT2D eigenvalue weighted by Crippen LogP contribution is -2.30. The molecule has 1 fully saturated rings. The maximum absolute atomic E-state index is 4.27. The maximum atomic E-state index is 4.27. The molecule has 2 rings (SSSR count). The Hall–Kier alpha value is -0.900. The first-order chi connectivity index (χ1) is 7.42. The summed E-state index contributed by atoms with van der Waals surface area (Å²) in [6.07, 6.45) is 6.81.